The van der Waals surface area contributed by atoms with Crippen LogP contribution in [0.3, 0.4) is 0 Å². The van der Waals surface area contributed by atoms with Gasteiger partial charge in [-0.2, -0.15) is 4.39 Å². The zero-order chi connectivity index (χ0) is 20.4. The third kappa shape index (κ3) is 4.43. The Kier molecular flexibility index (Phi) is 5.26. The summed E-state index contributed by atoms with van der Waals surface area (Å²) in [6.07, 6.45) is 2.14. The van der Waals surface area contributed by atoms with Gasteiger partial charge in [0.05, 0.1) is 16.4 Å². The minimum absolute atomic E-state index is 0.0219. The number of nitro benzene ring substituents is 1. The first-order valence-corrected chi connectivity index (χ1v) is 9.89. The summed E-state index contributed by atoms with van der Waals surface area (Å²) in [6.45, 7) is 0. The Morgan fingerprint density at radius 2 is 2.03 bits per heavy atom. The lowest BCUT2D eigenvalue weighted by Crippen LogP contribution is -2.14. The van der Waals surface area contributed by atoms with Crippen molar-refractivity contribution in [1.29, 1.82) is 0 Å². The lowest BCUT2D eigenvalue weighted by Gasteiger charge is -2.04. The summed E-state index contributed by atoms with van der Waals surface area (Å²) in [5.41, 5.74) is 0.384. The van der Waals surface area contributed by atoms with Crippen LogP contribution >= 0.6 is 11.8 Å². The molecule has 1 fully saturated rings. The van der Waals surface area contributed by atoms with E-state index in [2.05, 4.69) is 15.4 Å². The number of carbonyl (C=O) groups is 1. The first kappa shape index (κ1) is 19.1. The molecule has 29 heavy (non-hydrogen) atoms. The lowest BCUT2D eigenvalue weighted by molar-refractivity contribution is -0.387. The van der Waals surface area contributed by atoms with Crippen molar-refractivity contribution in [1.82, 2.24) is 14.8 Å². The van der Waals surface area contributed by atoms with Crippen molar-refractivity contribution in [2.45, 2.75) is 23.9 Å². The molecule has 0 atom stereocenters. The molecule has 0 spiro atoms. The van der Waals surface area contributed by atoms with Crippen molar-refractivity contribution in [2.24, 2.45) is 0 Å². The highest BCUT2D eigenvalue weighted by Gasteiger charge is 2.30. The molecule has 4 rings (SSSR count). The van der Waals surface area contributed by atoms with Crippen molar-refractivity contribution < 1.29 is 14.1 Å². The molecule has 8 nitrogen and oxygen atoms in total. The SMILES string of the molecule is O=C(CSc1nc(C2CC2)n(-c2ccccc2)n1)Nc1ccc(F)c([N+](=O)[O-])c1. The molecule has 1 aliphatic carbocycles. The van der Waals surface area contributed by atoms with Crippen LogP contribution in [0.15, 0.2) is 53.7 Å². The number of amides is 1. The van der Waals surface area contributed by atoms with Gasteiger partial charge in [0.15, 0.2) is 0 Å². The molecule has 0 bridgehead atoms. The van der Waals surface area contributed by atoms with Gasteiger partial charge in [-0.1, -0.05) is 30.0 Å². The largest absolute Gasteiger partial charge is 0.325 e. The average molecular weight is 413 g/mol. The van der Waals surface area contributed by atoms with E-state index in [1.165, 1.54) is 17.8 Å². The van der Waals surface area contributed by atoms with Gasteiger partial charge in [0.25, 0.3) is 0 Å². The fourth-order valence-corrected chi connectivity index (χ4v) is 3.42. The Balaban J connectivity index is 1.43. The van der Waals surface area contributed by atoms with Gasteiger partial charge in [0.2, 0.25) is 16.9 Å². The van der Waals surface area contributed by atoms with Gasteiger partial charge in [-0.25, -0.2) is 9.67 Å². The number of nitrogens with zero attached hydrogens (tertiary/aromatic N) is 4. The first-order chi connectivity index (χ1) is 14.0. The second-order valence-corrected chi connectivity index (χ2v) is 7.48. The molecule has 1 aromatic heterocycles. The quantitative estimate of drug-likeness (QED) is 0.358. The summed E-state index contributed by atoms with van der Waals surface area (Å²) in [5, 5.41) is 18.3. The van der Waals surface area contributed by atoms with Gasteiger partial charge >= 0.3 is 5.69 Å². The highest BCUT2D eigenvalue weighted by molar-refractivity contribution is 7.99. The number of anilines is 1. The maximum absolute atomic E-state index is 13.4. The first-order valence-electron chi connectivity index (χ1n) is 8.90. The summed E-state index contributed by atoms with van der Waals surface area (Å²) in [4.78, 5) is 26.8. The molecule has 10 heteroatoms. The Labute approximate surface area is 169 Å². The van der Waals surface area contributed by atoms with Crippen molar-refractivity contribution in [2.75, 3.05) is 11.1 Å². The van der Waals surface area contributed by atoms with Gasteiger partial charge in [-0.15, -0.1) is 5.10 Å². The van der Waals surface area contributed by atoms with E-state index in [0.717, 1.165) is 36.5 Å². The monoisotopic (exact) mass is 413 g/mol. The fourth-order valence-electron chi connectivity index (χ4n) is 2.79. The Bertz CT molecular complexity index is 1070. The van der Waals surface area contributed by atoms with E-state index in [1.54, 1.807) is 4.68 Å². The summed E-state index contributed by atoms with van der Waals surface area (Å²) in [5.74, 6) is -0.0573. The summed E-state index contributed by atoms with van der Waals surface area (Å²) in [6, 6.07) is 12.9. The Hall–Kier alpha value is -3.27. The number of benzene rings is 2. The highest BCUT2D eigenvalue weighted by atomic mass is 32.2. The van der Waals surface area contributed by atoms with E-state index in [1.807, 2.05) is 30.3 Å². The van der Waals surface area contributed by atoms with Crippen LogP contribution in [0.1, 0.15) is 24.6 Å². The molecule has 0 aliphatic heterocycles. The van der Waals surface area contributed by atoms with Gasteiger partial charge in [-0.05, 0) is 37.1 Å². The number of aromatic nitrogens is 3. The summed E-state index contributed by atoms with van der Waals surface area (Å²) >= 11 is 1.17. The normalized spacial score (nSPS) is 13.3. The number of thioether (sulfide) groups is 1. The second kappa shape index (κ2) is 8.00. The molecule has 0 unspecified atom stereocenters. The van der Waals surface area contributed by atoms with Gasteiger partial charge in [0.1, 0.15) is 5.82 Å². The molecule has 1 heterocycles. The Morgan fingerprint density at radius 3 is 2.72 bits per heavy atom. The average Bonchev–Trinajstić information content (AvgIpc) is 3.47. The standard InChI is InChI=1S/C19H16FN5O3S/c20-15-9-8-13(10-16(15)25(27)28)21-17(26)11-29-19-22-18(12-6-7-12)24(23-19)14-4-2-1-3-5-14/h1-5,8-10,12H,6-7,11H2,(H,21,26). The minimum Gasteiger partial charge on any atom is -0.325 e. The van der Waals surface area contributed by atoms with Crippen LogP contribution in [0.25, 0.3) is 5.69 Å². The number of hydrogen-bond donors (Lipinski definition) is 1. The van der Waals surface area contributed by atoms with Gasteiger partial charge in [0, 0.05) is 17.7 Å². The van der Waals surface area contributed by atoms with Crippen LogP contribution in [-0.4, -0.2) is 31.3 Å². The zero-order valence-electron chi connectivity index (χ0n) is 15.1. The van der Waals surface area contributed by atoms with E-state index < -0.39 is 16.4 Å². The lowest BCUT2D eigenvalue weighted by atomic mass is 10.2. The zero-order valence-corrected chi connectivity index (χ0v) is 15.9. The smallest absolute Gasteiger partial charge is 0.306 e. The molecule has 1 N–H and O–H groups in total. The van der Waals surface area contributed by atoms with Crippen LogP contribution in [-0.2, 0) is 4.79 Å². The number of nitro groups is 1. The molecule has 0 saturated heterocycles. The predicted octanol–water partition coefficient (Wildman–Crippen LogP) is 3.92. The van der Waals surface area contributed by atoms with E-state index >= 15 is 0 Å². The maximum atomic E-state index is 13.4. The topological polar surface area (TPSA) is 103 Å². The van der Waals surface area contributed by atoms with Crippen LogP contribution in [0.2, 0.25) is 0 Å². The molecule has 148 valence electrons. The van der Waals surface area contributed by atoms with Crippen LogP contribution in [0, 0.1) is 15.9 Å². The van der Waals surface area contributed by atoms with Crippen molar-refractivity contribution in [3.05, 3.63) is 70.3 Å². The molecule has 0 radical (unpaired) electrons. The molecule has 2 aromatic carbocycles. The van der Waals surface area contributed by atoms with Crippen LogP contribution in [0.5, 0.6) is 0 Å². The van der Waals surface area contributed by atoms with E-state index in [-0.39, 0.29) is 17.3 Å². The molecule has 1 amide bonds. The second-order valence-electron chi connectivity index (χ2n) is 6.53. The predicted molar refractivity (Wildman–Crippen MR) is 106 cm³/mol. The molecule has 1 aliphatic rings. The van der Waals surface area contributed by atoms with Crippen LogP contribution in [0.4, 0.5) is 15.8 Å². The van der Waals surface area contributed by atoms with Crippen molar-refractivity contribution in [3.8, 4) is 5.69 Å². The highest BCUT2D eigenvalue weighted by Crippen LogP contribution is 2.40. The Morgan fingerprint density at radius 1 is 1.28 bits per heavy atom. The molecule has 1 saturated carbocycles. The third-order valence-electron chi connectivity index (χ3n) is 4.31. The summed E-state index contributed by atoms with van der Waals surface area (Å²) in [7, 11) is 0. The van der Waals surface area contributed by atoms with E-state index in [9.17, 15) is 19.3 Å². The number of hydrogen-bond acceptors (Lipinski definition) is 6. The minimum atomic E-state index is -0.953. The van der Waals surface area contributed by atoms with Gasteiger partial charge in [-0.3, -0.25) is 14.9 Å². The number of nitrogens with one attached hydrogen (secondary N) is 1. The molecular weight excluding hydrogens is 397 g/mol. The fraction of sp³-hybridized carbons (Fsp3) is 0.211. The maximum Gasteiger partial charge on any atom is 0.306 e. The summed E-state index contributed by atoms with van der Waals surface area (Å²) < 4.78 is 15.2. The number of halogens is 1. The van der Waals surface area contributed by atoms with E-state index in [4.69, 9.17) is 0 Å². The number of carbonyl (C=O) groups excluding carboxylic acids is 1. The number of para-hydroxylation sites is 1. The van der Waals surface area contributed by atoms with Gasteiger partial charge < -0.3 is 5.32 Å². The van der Waals surface area contributed by atoms with Crippen molar-refractivity contribution >= 4 is 29.0 Å². The number of rotatable bonds is 7. The van der Waals surface area contributed by atoms with Crippen LogP contribution < -0.4 is 5.32 Å². The molecule has 3 aromatic rings. The third-order valence-corrected chi connectivity index (χ3v) is 5.15. The van der Waals surface area contributed by atoms with E-state index in [0.29, 0.717) is 11.1 Å². The molecular formula is C19H16FN5O3S. The van der Waals surface area contributed by atoms with Crippen molar-refractivity contribution in [3.63, 3.8) is 0 Å².